The van der Waals surface area contributed by atoms with Crippen molar-refractivity contribution in [1.82, 2.24) is 9.88 Å². The van der Waals surface area contributed by atoms with Crippen LogP contribution in [0.15, 0.2) is 48.7 Å². The van der Waals surface area contributed by atoms with Gasteiger partial charge in [-0.05, 0) is 50.8 Å². The van der Waals surface area contributed by atoms with Crippen molar-refractivity contribution in [3.05, 3.63) is 59.8 Å². The van der Waals surface area contributed by atoms with Crippen molar-refractivity contribution >= 4 is 11.7 Å². The Hall–Kier alpha value is -2.36. The number of benzene rings is 1. The van der Waals surface area contributed by atoms with Crippen LogP contribution in [0.5, 0.6) is 0 Å². The van der Waals surface area contributed by atoms with Crippen LogP contribution in [0.25, 0.3) is 0 Å². The molecule has 1 aliphatic heterocycles. The molecule has 1 amide bonds. The second kappa shape index (κ2) is 9.03. The van der Waals surface area contributed by atoms with Crippen LogP contribution in [0.4, 0.5) is 5.82 Å². The van der Waals surface area contributed by atoms with Gasteiger partial charge in [0.2, 0.25) is 0 Å². The second-order valence-electron chi connectivity index (χ2n) is 7.21. The van der Waals surface area contributed by atoms with E-state index >= 15 is 0 Å². The highest BCUT2D eigenvalue weighted by molar-refractivity contribution is 5.94. The quantitative estimate of drug-likeness (QED) is 0.712. The number of likely N-dealkylation sites (tertiary alicyclic amines) is 1. The first-order valence-electron chi connectivity index (χ1n) is 10.3. The zero-order valence-corrected chi connectivity index (χ0v) is 16.8. The van der Waals surface area contributed by atoms with Crippen molar-refractivity contribution < 1.29 is 4.79 Å². The van der Waals surface area contributed by atoms with Gasteiger partial charge >= 0.3 is 0 Å². The normalized spacial score (nSPS) is 17.7. The Kier molecular flexibility index (Phi) is 6.49. The highest BCUT2D eigenvalue weighted by Crippen LogP contribution is 2.34. The van der Waals surface area contributed by atoms with Gasteiger partial charge in [0.15, 0.2) is 0 Å². The zero-order chi connectivity index (χ0) is 19.2. The van der Waals surface area contributed by atoms with Crippen LogP contribution >= 0.6 is 0 Å². The maximum atomic E-state index is 13.2. The molecule has 0 unspecified atom stereocenters. The minimum atomic E-state index is 0.116. The lowest BCUT2D eigenvalue weighted by molar-refractivity contribution is 0.0714. The lowest BCUT2D eigenvalue weighted by Crippen LogP contribution is -2.39. The number of carbonyl (C=O) groups is 1. The largest absolute Gasteiger partial charge is 0.357 e. The number of hydrogen-bond acceptors (Lipinski definition) is 3. The molecule has 0 bridgehead atoms. The molecule has 0 N–H and O–H groups in total. The number of aromatic nitrogens is 1. The van der Waals surface area contributed by atoms with Crippen molar-refractivity contribution in [2.45, 2.75) is 52.0 Å². The highest BCUT2D eigenvalue weighted by Gasteiger charge is 2.35. The molecule has 1 aliphatic rings. The molecule has 144 valence electrons. The van der Waals surface area contributed by atoms with Crippen molar-refractivity contribution in [2.75, 3.05) is 24.5 Å². The van der Waals surface area contributed by atoms with Crippen LogP contribution in [0.3, 0.4) is 0 Å². The summed E-state index contributed by atoms with van der Waals surface area (Å²) >= 11 is 0. The molecule has 1 fully saturated rings. The summed E-state index contributed by atoms with van der Waals surface area (Å²) in [6.07, 6.45) is 4.93. The lowest BCUT2D eigenvalue weighted by Gasteiger charge is -2.32. The lowest BCUT2D eigenvalue weighted by atomic mass is 9.87. The van der Waals surface area contributed by atoms with E-state index in [4.69, 9.17) is 0 Å². The number of carbonyl (C=O) groups excluding carboxylic acids is 1. The monoisotopic (exact) mass is 365 g/mol. The first-order chi connectivity index (χ1) is 13.2. The van der Waals surface area contributed by atoms with E-state index in [1.807, 2.05) is 12.1 Å². The van der Waals surface area contributed by atoms with Gasteiger partial charge in [-0.1, -0.05) is 37.3 Å². The molecule has 0 saturated carbocycles. The summed E-state index contributed by atoms with van der Waals surface area (Å²) < 4.78 is 0. The second-order valence-corrected chi connectivity index (χ2v) is 7.21. The van der Waals surface area contributed by atoms with Gasteiger partial charge in [-0.15, -0.1) is 0 Å². The van der Waals surface area contributed by atoms with Crippen LogP contribution in [-0.2, 0) is 0 Å². The Balaban J connectivity index is 1.79. The highest BCUT2D eigenvalue weighted by atomic mass is 16.2. The molecule has 2 atom stereocenters. The summed E-state index contributed by atoms with van der Waals surface area (Å²) in [7, 11) is 0. The van der Waals surface area contributed by atoms with Crippen molar-refractivity contribution in [2.24, 2.45) is 0 Å². The number of hydrogen-bond donors (Lipinski definition) is 0. The minimum Gasteiger partial charge on any atom is -0.357 e. The van der Waals surface area contributed by atoms with E-state index < -0.39 is 0 Å². The summed E-state index contributed by atoms with van der Waals surface area (Å²) in [5.41, 5.74) is 2.03. The SMILES string of the molecule is CC[C@H](c1ccccc1)[C@H]1CCCN1C(=O)c1ccc(N(CC)CC)nc1. The molecule has 4 nitrogen and oxygen atoms in total. The van der Waals surface area contributed by atoms with Gasteiger partial charge in [-0.25, -0.2) is 4.98 Å². The van der Waals surface area contributed by atoms with Crippen LogP contribution in [-0.4, -0.2) is 41.5 Å². The first-order valence-corrected chi connectivity index (χ1v) is 10.3. The standard InChI is InChI=1S/C23H31N3O/c1-4-20(18-11-8-7-9-12-18)21-13-10-16-26(21)23(27)19-14-15-22(24-17-19)25(5-2)6-3/h7-9,11-12,14-15,17,20-21H,4-6,10,13,16H2,1-3H3/t20-,21-/m1/s1. The molecule has 3 rings (SSSR count). The van der Waals surface area contributed by atoms with Gasteiger partial charge in [-0.2, -0.15) is 0 Å². The number of amides is 1. The fourth-order valence-electron chi connectivity index (χ4n) is 4.31. The van der Waals surface area contributed by atoms with Crippen molar-refractivity contribution in [3.63, 3.8) is 0 Å². The van der Waals surface area contributed by atoms with E-state index in [-0.39, 0.29) is 11.9 Å². The first kappa shape index (κ1) is 19.4. The Bertz CT molecular complexity index is 725. The van der Waals surface area contributed by atoms with Gasteiger partial charge in [0, 0.05) is 37.8 Å². The minimum absolute atomic E-state index is 0.116. The van der Waals surface area contributed by atoms with Gasteiger partial charge < -0.3 is 9.80 Å². The van der Waals surface area contributed by atoms with E-state index in [1.165, 1.54) is 5.56 Å². The van der Waals surface area contributed by atoms with E-state index in [0.29, 0.717) is 11.5 Å². The van der Waals surface area contributed by atoms with Gasteiger partial charge in [0.05, 0.1) is 5.56 Å². The maximum absolute atomic E-state index is 13.2. The maximum Gasteiger partial charge on any atom is 0.255 e. The third kappa shape index (κ3) is 4.15. The van der Waals surface area contributed by atoms with E-state index in [1.54, 1.807) is 6.20 Å². The molecule has 0 radical (unpaired) electrons. The fraction of sp³-hybridized carbons (Fsp3) is 0.478. The molecule has 4 heteroatoms. The predicted octanol–water partition coefficient (Wildman–Crippen LogP) is 4.73. The van der Waals surface area contributed by atoms with Crippen molar-refractivity contribution in [1.29, 1.82) is 0 Å². The number of pyridine rings is 1. The summed E-state index contributed by atoms with van der Waals surface area (Å²) in [4.78, 5) is 22.0. The Morgan fingerprint density at radius 1 is 1.15 bits per heavy atom. The topological polar surface area (TPSA) is 36.4 Å². The van der Waals surface area contributed by atoms with Crippen LogP contribution in [0.1, 0.15) is 61.9 Å². The molecule has 27 heavy (non-hydrogen) atoms. The van der Waals surface area contributed by atoms with Gasteiger partial charge in [0.1, 0.15) is 5.82 Å². The van der Waals surface area contributed by atoms with E-state index in [0.717, 1.165) is 44.7 Å². The summed E-state index contributed by atoms with van der Waals surface area (Å²) in [6.45, 7) is 9.13. The Morgan fingerprint density at radius 2 is 1.89 bits per heavy atom. The molecule has 1 aromatic carbocycles. The average Bonchev–Trinajstić information content (AvgIpc) is 3.20. The Morgan fingerprint density at radius 3 is 2.48 bits per heavy atom. The fourth-order valence-corrected chi connectivity index (χ4v) is 4.31. The van der Waals surface area contributed by atoms with Crippen LogP contribution in [0, 0.1) is 0 Å². The summed E-state index contributed by atoms with van der Waals surface area (Å²) in [5, 5.41) is 0. The third-order valence-corrected chi connectivity index (χ3v) is 5.77. The molecule has 2 aromatic rings. The molecular weight excluding hydrogens is 334 g/mol. The number of rotatable bonds is 7. The zero-order valence-electron chi connectivity index (χ0n) is 16.8. The number of nitrogens with zero attached hydrogens (tertiary/aromatic N) is 3. The van der Waals surface area contributed by atoms with E-state index in [9.17, 15) is 4.79 Å². The predicted molar refractivity (Wildman–Crippen MR) is 111 cm³/mol. The molecular formula is C23H31N3O. The average molecular weight is 366 g/mol. The van der Waals surface area contributed by atoms with E-state index in [2.05, 4.69) is 65.9 Å². The molecule has 1 saturated heterocycles. The van der Waals surface area contributed by atoms with Crippen LogP contribution < -0.4 is 4.90 Å². The molecule has 0 aliphatic carbocycles. The van der Waals surface area contributed by atoms with Gasteiger partial charge in [0.25, 0.3) is 5.91 Å². The summed E-state index contributed by atoms with van der Waals surface area (Å²) in [6, 6.07) is 14.8. The summed E-state index contributed by atoms with van der Waals surface area (Å²) in [5.74, 6) is 1.44. The van der Waals surface area contributed by atoms with Crippen LogP contribution in [0.2, 0.25) is 0 Å². The Labute approximate surface area is 163 Å². The van der Waals surface area contributed by atoms with Gasteiger partial charge in [-0.3, -0.25) is 4.79 Å². The number of anilines is 1. The molecule has 2 heterocycles. The molecule has 0 spiro atoms. The van der Waals surface area contributed by atoms with Crippen molar-refractivity contribution in [3.8, 4) is 0 Å². The molecule has 1 aromatic heterocycles. The third-order valence-electron chi connectivity index (χ3n) is 5.77. The smallest absolute Gasteiger partial charge is 0.255 e.